The second-order valence-electron chi connectivity index (χ2n) is 6.37. The van der Waals surface area contributed by atoms with Crippen LogP contribution in [0.4, 0.5) is 0 Å². The van der Waals surface area contributed by atoms with Crippen LogP contribution in [0.3, 0.4) is 0 Å². The zero-order valence-electron chi connectivity index (χ0n) is 13.7. The highest BCUT2D eigenvalue weighted by molar-refractivity contribution is 9.10. The van der Waals surface area contributed by atoms with Gasteiger partial charge in [-0.15, -0.1) is 24.8 Å². The number of benzene rings is 1. The van der Waals surface area contributed by atoms with Gasteiger partial charge >= 0.3 is 0 Å². The molecule has 2 N–H and O–H groups in total. The van der Waals surface area contributed by atoms with Crippen LogP contribution in [0.5, 0.6) is 0 Å². The van der Waals surface area contributed by atoms with Crippen molar-refractivity contribution in [3.05, 3.63) is 34.3 Å². The summed E-state index contributed by atoms with van der Waals surface area (Å²) in [5, 5.41) is 14.7. The Labute approximate surface area is 165 Å². The van der Waals surface area contributed by atoms with E-state index in [0.29, 0.717) is 13.2 Å². The summed E-state index contributed by atoms with van der Waals surface area (Å²) in [6.45, 7) is 6.40. The van der Waals surface area contributed by atoms with Crippen molar-refractivity contribution in [2.24, 2.45) is 0 Å². The molecular weight excluding hydrogens is 415 g/mol. The van der Waals surface area contributed by atoms with Gasteiger partial charge in [0.05, 0.1) is 5.60 Å². The van der Waals surface area contributed by atoms with Crippen LogP contribution < -0.4 is 5.32 Å². The lowest BCUT2D eigenvalue weighted by molar-refractivity contribution is -0.0851. The van der Waals surface area contributed by atoms with Gasteiger partial charge in [-0.05, 0) is 17.7 Å². The molecule has 2 heterocycles. The molecule has 3 rings (SSSR count). The lowest BCUT2D eigenvalue weighted by Crippen LogP contribution is -2.50. The van der Waals surface area contributed by atoms with E-state index in [9.17, 15) is 5.11 Å². The lowest BCUT2D eigenvalue weighted by atomic mass is 9.76. The fourth-order valence-electron chi connectivity index (χ4n) is 3.53. The molecule has 0 aliphatic carbocycles. The van der Waals surface area contributed by atoms with Crippen molar-refractivity contribution in [3.8, 4) is 0 Å². The minimum atomic E-state index is -0.663. The van der Waals surface area contributed by atoms with Crippen molar-refractivity contribution in [3.63, 3.8) is 0 Å². The fraction of sp³-hybridized carbons (Fsp3) is 0.647. The summed E-state index contributed by atoms with van der Waals surface area (Å²) >= 11 is 3.57. The fourth-order valence-corrected chi connectivity index (χ4v) is 3.95. The summed E-state index contributed by atoms with van der Waals surface area (Å²) in [7, 11) is 0. The highest BCUT2D eigenvalue weighted by atomic mass is 79.9. The molecule has 2 aliphatic rings. The predicted molar refractivity (Wildman–Crippen MR) is 106 cm³/mol. The SMILES string of the molecule is Cl.Cl.OC1(C(CN2CCNCC2)c2cccc(Br)c2)CCOCC1. The van der Waals surface area contributed by atoms with Gasteiger partial charge in [-0.2, -0.15) is 0 Å². The predicted octanol–water partition coefficient (Wildman–Crippen LogP) is 2.82. The van der Waals surface area contributed by atoms with Gasteiger partial charge in [-0.25, -0.2) is 0 Å². The third-order valence-electron chi connectivity index (χ3n) is 4.91. The summed E-state index contributed by atoms with van der Waals surface area (Å²) < 4.78 is 6.55. The molecule has 0 amide bonds. The van der Waals surface area contributed by atoms with Crippen molar-refractivity contribution >= 4 is 40.7 Å². The molecule has 1 aromatic carbocycles. The van der Waals surface area contributed by atoms with Crippen molar-refractivity contribution < 1.29 is 9.84 Å². The quantitative estimate of drug-likeness (QED) is 0.753. The minimum Gasteiger partial charge on any atom is -0.389 e. The highest BCUT2D eigenvalue weighted by Crippen LogP contribution is 2.37. The molecule has 2 fully saturated rings. The Balaban J connectivity index is 0.00000144. The number of rotatable bonds is 4. The van der Waals surface area contributed by atoms with E-state index in [2.05, 4.69) is 44.3 Å². The van der Waals surface area contributed by atoms with Crippen LogP contribution in [0.1, 0.15) is 24.3 Å². The van der Waals surface area contributed by atoms with Crippen LogP contribution in [-0.2, 0) is 4.74 Å². The average molecular weight is 442 g/mol. The van der Waals surface area contributed by atoms with Crippen molar-refractivity contribution in [1.29, 1.82) is 0 Å². The van der Waals surface area contributed by atoms with Crippen LogP contribution in [0, 0.1) is 0 Å². The topological polar surface area (TPSA) is 44.7 Å². The molecule has 0 spiro atoms. The van der Waals surface area contributed by atoms with Gasteiger partial charge < -0.3 is 20.1 Å². The number of hydrogen-bond donors (Lipinski definition) is 2. The van der Waals surface area contributed by atoms with Gasteiger partial charge in [0.1, 0.15) is 0 Å². The maximum absolute atomic E-state index is 11.3. The van der Waals surface area contributed by atoms with Crippen molar-refractivity contribution in [2.75, 3.05) is 45.9 Å². The molecule has 138 valence electrons. The number of nitrogens with zero attached hydrogens (tertiary/aromatic N) is 1. The highest BCUT2D eigenvalue weighted by Gasteiger charge is 2.40. The Morgan fingerprint density at radius 2 is 1.88 bits per heavy atom. The molecule has 2 saturated heterocycles. The van der Waals surface area contributed by atoms with E-state index in [1.807, 2.05) is 6.07 Å². The number of hydrogen-bond acceptors (Lipinski definition) is 4. The van der Waals surface area contributed by atoms with E-state index >= 15 is 0 Å². The Bertz CT molecular complexity index is 495. The summed E-state index contributed by atoms with van der Waals surface area (Å²) in [4.78, 5) is 2.47. The molecule has 1 atom stereocenters. The Morgan fingerprint density at radius 1 is 1.21 bits per heavy atom. The zero-order valence-corrected chi connectivity index (χ0v) is 17.0. The van der Waals surface area contributed by atoms with E-state index in [1.54, 1.807) is 0 Å². The summed E-state index contributed by atoms with van der Waals surface area (Å²) in [6, 6.07) is 8.40. The number of halogens is 3. The molecular formula is C17H27BrCl2N2O2. The van der Waals surface area contributed by atoms with E-state index in [1.165, 1.54) is 5.56 Å². The third kappa shape index (κ3) is 5.56. The molecule has 1 unspecified atom stereocenters. The smallest absolute Gasteiger partial charge is 0.0772 e. The molecule has 4 nitrogen and oxygen atoms in total. The van der Waals surface area contributed by atoms with Crippen LogP contribution in [0.2, 0.25) is 0 Å². The van der Waals surface area contributed by atoms with Crippen molar-refractivity contribution in [1.82, 2.24) is 10.2 Å². The van der Waals surface area contributed by atoms with Gasteiger partial charge in [0.25, 0.3) is 0 Å². The molecule has 24 heavy (non-hydrogen) atoms. The summed E-state index contributed by atoms with van der Waals surface area (Å²) in [5.41, 5.74) is 0.557. The van der Waals surface area contributed by atoms with Crippen LogP contribution in [-0.4, -0.2) is 61.5 Å². The largest absolute Gasteiger partial charge is 0.389 e. The lowest BCUT2D eigenvalue weighted by Gasteiger charge is -2.42. The van der Waals surface area contributed by atoms with Gasteiger partial charge in [-0.3, -0.25) is 0 Å². The first kappa shape index (κ1) is 22.2. The van der Waals surface area contributed by atoms with Crippen LogP contribution in [0.25, 0.3) is 0 Å². The van der Waals surface area contributed by atoms with E-state index in [-0.39, 0.29) is 30.7 Å². The number of ether oxygens (including phenoxy) is 1. The Hall–Kier alpha value is 0.120. The number of piperazine rings is 1. The van der Waals surface area contributed by atoms with Gasteiger partial charge in [0.2, 0.25) is 0 Å². The van der Waals surface area contributed by atoms with Crippen LogP contribution >= 0.6 is 40.7 Å². The maximum atomic E-state index is 11.3. The monoisotopic (exact) mass is 440 g/mol. The van der Waals surface area contributed by atoms with Crippen molar-refractivity contribution in [2.45, 2.75) is 24.4 Å². The normalized spacial score (nSPS) is 22.1. The Kier molecular flexibility index (Phi) is 9.52. The molecule has 0 bridgehead atoms. The first-order valence-corrected chi connectivity index (χ1v) is 8.95. The summed E-state index contributed by atoms with van der Waals surface area (Å²) in [5.74, 6) is 0.131. The third-order valence-corrected chi connectivity index (χ3v) is 5.40. The van der Waals surface area contributed by atoms with Crippen LogP contribution in [0.15, 0.2) is 28.7 Å². The second kappa shape index (κ2) is 10.3. The molecule has 0 aromatic heterocycles. The van der Waals surface area contributed by atoms with E-state index in [0.717, 1.165) is 50.0 Å². The second-order valence-corrected chi connectivity index (χ2v) is 7.29. The first-order chi connectivity index (χ1) is 10.7. The molecule has 0 saturated carbocycles. The standard InChI is InChI=1S/C17H25BrN2O2.2ClH/c18-15-3-1-2-14(12-15)16(13-20-8-6-19-7-9-20)17(21)4-10-22-11-5-17;;/h1-3,12,16,19,21H,4-11,13H2;2*1H. The van der Waals surface area contributed by atoms with Gasteiger partial charge in [-0.1, -0.05) is 28.1 Å². The number of aliphatic hydroxyl groups is 1. The van der Waals surface area contributed by atoms with Gasteiger partial charge in [0, 0.05) is 69.2 Å². The molecule has 0 radical (unpaired) electrons. The van der Waals surface area contributed by atoms with E-state index in [4.69, 9.17) is 4.74 Å². The van der Waals surface area contributed by atoms with E-state index < -0.39 is 5.60 Å². The summed E-state index contributed by atoms with van der Waals surface area (Å²) in [6.07, 6.45) is 1.44. The Morgan fingerprint density at radius 3 is 2.50 bits per heavy atom. The first-order valence-electron chi connectivity index (χ1n) is 8.16. The number of nitrogens with one attached hydrogen (secondary N) is 1. The molecule has 2 aliphatic heterocycles. The van der Waals surface area contributed by atoms with Gasteiger partial charge in [0.15, 0.2) is 0 Å². The maximum Gasteiger partial charge on any atom is 0.0772 e. The zero-order chi connectivity index (χ0) is 15.4. The average Bonchev–Trinajstić information content (AvgIpc) is 2.54. The minimum absolute atomic E-state index is 0. The molecule has 1 aromatic rings. The molecule has 7 heteroatoms.